The Labute approximate surface area is 154 Å². The van der Waals surface area contributed by atoms with E-state index in [1.165, 1.54) is 0 Å². The Morgan fingerprint density at radius 2 is 2.04 bits per heavy atom. The lowest BCUT2D eigenvalue weighted by Gasteiger charge is -2.19. The van der Waals surface area contributed by atoms with E-state index in [9.17, 15) is 0 Å². The van der Waals surface area contributed by atoms with Crippen LogP contribution in [0.25, 0.3) is 11.5 Å². The topological polar surface area (TPSA) is 93.0 Å². The molecule has 2 aliphatic rings. The predicted octanol–water partition coefficient (Wildman–Crippen LogP) is 2.03. The van der Waals surface area contributed by atoms with Crippen molar-refractivity contribution >= 4 is 17.5 Å². The minimum atomic E-state index is 0.180. The molecule has 0 fully saturated rings. The highest BCUT2D eigenvalue weighted by molar-refractivity contribution is 8.00. The Balaban J connectivity index is 1.60. The number of H-pyrrole nitrogens is 1. The summed E-state index contributed by atoms with van der Waals surface area (Å²) in [5.74, 6) is 1.50. The first kappa shape index (κ1) is 15.6. The summed E-state index contributed by atoms with van der Waals surface area (Å²) in [5.41, 5.74) is 5.11. The van der Waals surface area contributed by atoms with E-state index < -0.39 is 0 Å². The number of hydrogen-bond donors (Lipinski definition) is 2. The van der Waals surface area contributed by atoms with E-state index in [1.807, 2.05) is 24.3 Å². The number of hydrogen-bond acceptors (Lipinski definition) is 7. The van der Waals surface area contributed by atoms with Crippen molar-refractivity contribution < 1.29 is 4.74 Å². The first-order valence-electron chi connectivity index (χ1n) is 8.37. The molecule has 132 valence electrons. The second kappa shape index (κ2) is 5.96. The van der Waals surface area contributed by atoms with Crippen LogP contribution in [0.2, 0.25) is 0 Å². The molecule has 4 heterocycles. The lowest BCUT2D eigenvalue weighted by Crippen LogP contribution is -2.21. The second-order valence-corrected chi connectivity index (χ2v) is 7.53. The smallest absolute Gasteiger partial charge is 0.213 e. The zero-order valence-corrected chi connectivity index (χ0v) is 15.2. The molecule has 0 radical (unpaired) electrons. The molecule has 2 aliphatic heterocycles. The van der Waals surface area contributed by atoms with E-state index in [4.69, 9.17) is 9.84 Å². The van der Waals surface area contributed by atoms with E-state index in [0.717, 1.165) is 52.2 Å². The lowest BCUT2D eigenvalue weighted by atomic mass is 10.1. The number of rotatable bonds is 3. The summed E-state index contributed by atoms with van der Waals surface area (Å²) < 4.78 is 7.05. The number of thioether (sulfide) groups is 1. The molecule has 1 aromatic carbocycles. The third-order valence-corrected chi connectivity index (χ3v) is 5.68. The molecular weight excluding hydrogens is 350 g/mol. The highest BCUT2D eigenvalue weighted by atomic mass is 32.2. The van der Waals surface area contributed by atoms with Crippen molar-refractivity contribution in [1.82, 2.24) is 30.4 Å². The van der Waals surface area contributed by atoms with Gasteiger partial charge in [-0.2, -0.15) is 14.9 Å². The SMILES string of the molecule is COc1ccc(C2=Nn3c(nnc3-c3n[nH]c4c3CNC4)SC2C)cc1. The minimum Gasteiger partial charge on any atom is -0.497 e. The van der Waals surface area contributed by atoms with Gasteiger partial charge in [-0.1, -0.05) is 11.8 Å². The molecule has 0 bridgehead atoms. The van der Waals surface area contributed by atoms with Gasteiger partial charge < -0.3 is 10.1 Å². The average Bonchev–Trinajstić information content (AvgIpc) is 3.36. The van der Waals surface area contributed by atoms with Crippen molar-refractivity contribution in [3.8, 4) is 17.3 Å². The summed E-state index contributed by atoms with van der Waals surface area (Å²) in [7, 11) is 1.67. The largest absolute Gasteiger partial charge is 0.497 e. The molecule has 3 aromatic rings. The fourth-order valence-electron chi connectivity index (χ4n) is 3.27. The number of ether oxygens (including phenoxy) is 1. The maximum absolute atomic E-state index is 5.25. The molecule has 0 spiro atoms. The zero-order valence-electron chi connectivity index (χ0n) is 14.4. The minimum absolute atomic E-state index is 0.180. The Bertz CT molecular complexity index is 1000. The molecule has 26 heavy (non-hydrogen) atoms. The number of methoxy groups -OCH3 is 1. The lowest BCUT2D eigenvalue weighted by molar-refractivity contribution is 0.415. The molecule has 0 amide bonds. The monoisotopic (exact) mass is 367 g/mol. The predicted molar refractivity (Wildman–Crippen MR) is 98.4 cm³/mol. The Kier molecular flexibility index (Phi) is 3.57. The van der Waals surface area contributed by atoms with Crippen LogP contribution < -0.4 is 10.1 Å². The molecule has 5 rings (SSSR count). The highest BCUT2D eigenvalue weighted by Crippen LogP contribution is 2.34. The van der Waals surface area contributed by atoms with Crippen molar-refractivity contribution in [3.63, 3.8) is 0 Å². The summed E-state index contributed by atoms with van der Waals surface area (Å²) >= 11 is 1.65. The van der Waals surface area contributed by atoms with Gasteiger partial charge in [0.15, 0.2) is 0 Å². The van der Waals surface area contributed by atoms with Crippen LogP contribution in [0.4, 0.5) is 0 Å². The van der Waals surface area contributed by atoms with Crippen molar-refractivity contribution in [2.45, 2.75) is 30.4 Å². The van der Waals surface area contributed by atoms with Gasteiger partial charge in [0.25, 0.3) is 0 Å². The summed E-state index contributed by atoms with van der Waals surface area (Å²) in [6.45, 7) is 3.71. The summed E-state index contributed by atoms with van der Waals surface area (Å²) in [5, 5.41) is 25.4. The molecule has 0 saturated heterocycles. The molecule has 1 atom stereocenters. The van der Waals surface area contributed by atoms with Gasteiger partial charge in [0.2, 0.25) is 11.0 Å². The zero-order chi connectivity index (χ0) is 17.7. The van der Waals surface area contributed by atoms with Gasteiger partial charge in [0.1, 0.15) is 11.4 Å². The standard InChI is InChI=1S/C17H17N7OS/c1-9-14(10-3-5-11(25-2)6-4-10)23-24-16(21-22-17(24)26-9)15-12-7-18-8-13(12)19-20-15/h3-6,9,18H,7-8H2,1-2H3,(H,19,20). The van der Waals surface area contributed by atoms with Crippen LogP contribution in [-0.4, -0.2) is 43.1 Å². The normalized spacial score (nSPS) is 18.4. The maximum Gasteiger partial charge on any atom is 0.213 e. The van der Waals surface area contributed by atoms with E-state index in [0.29, 0.717) is 5.82 Å². The number of benzene rings is 1. The Morgan fingerprint density at radius 3 is 2.85 bits per heavy atom. The van der Waals surface area contributed by atoms with Crippen LogP contribution in [0.1, 0.15) is 23.7 Å². The van der Waals surface area contributed by atoms with Crippen molar-refractivity contribution in [1.29, 1.82) is 0 Å². The molecule has 0 aliphatic carbocycles. The van der Waals surface area contributed by atoms with Gasteiger partial charge >= 0.3 is 0 Å². The van der Waals surface area contributed by atoms with Crippen LogP contribution >= 0.6 is 11.8 Å². The Morgan fingerprint density at radius 1 is 1.19 bits per heavy atom. The van der Waals surface area contributed by atoms with Gasteiger partial charge in [-0.05, 0) is 36.8 Å². The van der Waals surface area contributed by atoms with Crippen LogP contribution in [0.15, 0.2) is 34.5 Å². The molecule has 1 unspecified atom stereocenters. The molecule has 9 heteroatoms. The van der Waals surface area contributed by atoms with Crippen LogP contribution in [-0.2, 0) is 13.1 Å². The van der Waals surface area contributed by atoms with Gasteiger partial charge in [-0.3, -0.25) is 5.10 Å². The maximum atomic E-state index is 5.25. The molecular formula is C17H17N7OS. The van der Waals surface area contributed by atoms with E-state index >= 15 is 0 Å². The van der Waals surface area contributed by atoms with E-state index in [-0.39, 0.29) is 5.25 Å². The van der Waals surface area contributed by atoms with Crippen LogP contribution in [0, 0.1) is 0 Å². The van der Waals surface area contributed by atoms with E-state index in [2.05, 4.69) is 32.6 Å². The van der Waals surface area contributed by atoms with Gasteiger partial charge in [-0.15, -0.1) is 10.2 Å². The fraction of sp³-hybridized carbons (Fsp3) is 0.294. The first-order chi connectivity index (χ1) is 12.7. The fourth-order valence-corrected chi connectivity index (χ4v) is 4.20. The van der Waals surface area contributed by atoms with E-state index in [1.54, 1.807) is 23.5 Å². The second-order valence-electron chi connectivity index (χ2n) is 6.22. The quantitative estimate of drug-likeness (QED) is 0.736. The first-order valence-corrected chi connectivity index (χ1v) is 9.25. The third kappa shape index (κ3) is 2.35. The van der Waals surface area contributed by atoms with Crippen LogP contribution in [0.5, 0.6) is 5.75 Å². The molecule has 0 saturated carbocycles. The van der Waals surface area contributed by atoms with Crippen LogP contribution in [0.3, 0.4) is 0 Å². The van der Waals surface area contributed by atoms with Crippen molar-refractivity contribution in [2.24, 2.45) is 5.10 Å². The van der Waals surface area contributed by atoms with Gasteiger partial charge in [0.05, 0.1) is 23.8 Å². The molecule has 2 N–H and O–H groups in total. The summed E-state index contributed by atoms with van der Waals surface area (Å²) in [6.07, 6.45) is 0. The number of fused-ring (bicyclic) bond motifs is 2. The molecule has 2 aromatic heterocycles. The number of nitrogens with zero attached hydrogens (tertiary/aromatic N) is 5. The van der Waals surface area contributed by atoms with Crippen molar-refractivity contribution in [3.05, 3.63) is 41.1 Å². The van der Waals surface area contributed by atoms with Gasteiger partial charge in [0, 0.05) is 18.7 Å². The molecule has 8 nitrogen and oxygen atoms in total. The average molecular weight is 367 g/mol. The van der Waals surface area contributed by atoms with Crippen molar-refractivity contribution in [2.75, 3.05) is 7.11 Å². The number of nitrogens with one attached hydrogen (secondary N) is 2. The highest BCUT2D eigenvalue weighted by Gasteiger charge is 2.29. The Hall–Kier alpha value is -2.65. The van der Waals surface area contributed by atoms with Gasteiger partial charge in [-0.25, -0.2) is 0 Å². The summed E-state index contributed by atoms with van der Waals surface area (Å²) in [4.78, 5) is 0. The third-order valence-electron chi connectivity index (χ3n) is 4.64. The summed E-state index contributed by atoms with van der Waals surface area (Å²) in [6, 6.07) is 7.95. The number of aromatic amines is 1. The number of aromatic nitrogens is 5.